The van der Waals surface area contributed by atoms with Gasteiger partial charge < -0.3 is 15.5 Å². The Labute approximate surface area is 198 Å². The van der Waals surface area contributed by atoms with Gasteiger partial charge in [-0.25, -0.2) is 19.3 Å². The Morgan fingerprint density at radius 3 is 2.55 bits per heavy atom. The summed E-state index contributed by atoms with van der Waals surface area (Å²) >= 11 is 1.71. The summed E-state index contributed by atoms with van der Waals surface area (Å²) in [7, 11) is 4.27. The molecule has 1 saturated heterocycles. The molecule has 2 aromatic heterocycles. The van der Waals surface area contributed by atoms with Gasteiger partial charge in [-0.15, -0.1) is 11.3 Å². The van der Waals surface area contributed by atoms with Crippen molar-refractivity contribution in [2.45, 2.75) is 37.6 Å². The first kappa shape index (κ1) is 22.4. The van der Waals surface area contributed by atoms with Crippen molar-refractivity contribution in [3.63, 3.8) is 0 Å². The first-order valence-electron chi connectivity index (χ1n) is 11.8. The maximum atomic E-state index is 13.6. The fraction of sp³-hybridized carbons (Fsp3) is 0.480. The van der Waals surface area contributed by atoms with Crippen molar-refractivity contribution in [1.29, 1.82) is 0 Å². The van der Waals surface area contributed by atoms with Crippen LogP contribution in [0.4, 0.5) is 10.3 Å². The van der Waals surface area contributed by atoms with Crippen molar-refractivity contribution in [2.75, 3.05) is 39.0 Å². The van der Waals surface area contributed by atoms with E-state index in [1.165, 1.54) is 25.0 Å². The largest absolute Gasteiger partial charge is 0.353 e. The maximum absolute atomic E-state index is 13.6. The van der Waals surface area contributed by atoms with Crippen molar-refractivity contribution >= 4 is 17.3 Å². The van der Waals surface area contributed by atoms with Crippen LogP contribution in [0.2, 0.25) is 0 Å². The Bertz CT molecular complexity index is 1070. The monoisotopic (exact) mass is 466 g/mol. The van der Waals surface area contributed by atoms with Crippen LogP contribution in [0.1, 0.15) is 36.6 Å². The van der Waals surface area contributed by atoms with Gasteiger partial charge in [0.2, 0.25) is 5.95 Å². The first-order valence-corrected chi connectivity index (χ1v) is 12.6. The summed E-state index contributed by atoms with van der Waals surface area (Å²) in [6.07, 6.45) is 6.57. The molecule has 1 aromatic carbocycles. The molecule has 0 spiro atoms. The zero-order valence-electron chi connectivity index (χ0n) is 19.2. The number of halogens is 1. The van der Waals surface area contributed by atoms with Crippen molar-refractivity contribution < 1.29 is 4.39 Å². The Kier molecular flexibility index (Phi) is 6.66. The SMILES string of the molecule is CN(C)C(CNc1nccc(-c2sc(C3CCNCC3)nc2-c2ccc(F)cc2)n1)C1CC1. The van der Waals surface area contributed by atoms with E-state index in [1.54, 1.807) is 23.5 Å². The highest BCUT2D eigenvalue weighted by atomic mass is 32.1. The predicted octanol–water partition coefficient (Wildman–Crippen LogP) is 4.63. The molecule has 1 atom stereocenters. The number of piperidine rings is 1. The molecule has 8 heteroatoms. The lowest BCUT2D eigenvalue weighted by atomic mass is 9.99. The van der Waals surface area contributed by atoms with Crippen molar-refractivity contribution in [1.82, 2.24) is 25.2 Å². The van der Waals surface area contributed by atoms with Gasteiger partial charge in [-0.3, -0.25) is 0 Å². The van der Waals surface area contributed by atoms with Crippen molar-refractivity contribution in [2.24, 2.45) is 5.92 Å². The Balaban J connectivity index is 1.45. The van der Waals surface area contributed by atoms with E-state index in [9.17, 15) is 4.39 Å². The lowest BCUT2D eigenvalue weighted by molar-refractivity contribution is 0.276. The van der Waals surface area contributed by atoms with Gasteiger partial charge in [-0.05, 0) is 89.1 Å². The van der Waals surface area contributed by atoms with Crippen LogP contribution in [0.5, 0.6) is 0 Å². The van der Waals surface area contributed by atoms with Crippen LogP contribution in [0, 0.1) is 11.7 Å². The zero-order chi connectivity index (χ0) is 22.8. The molecular weight excluding hydrogens is 435 g/mol. The van der Waals surface area contributed by atoms with E-state index in [0.717, 1.165) is 65.2 Å². The van der Waals surface area contributed by atoms with Gasteiger partial charge in [0.05, 0.1) is 21.3 Å². The second-order valence-electron chi connectivity index (χ2n) is 9.28. The highest BCUT2D eigenvalue weighted by Gasteiger charge is 2.32. The van der Waals surface area contributed by atoms with Crippen LogP contribution >= 0.6 is 11.3 Å². The summed E-state index contributed by atoms with van der Waals surface area (Å²) < 4.78 is 13.6. The number of nitrogens with one attached hydrogen (secondary N) is 2. The summed E-state index contributed by atoms with van der Waals surface area (Å²) in [6.45, 7) is 2.86. The molecule has 2 N–H and O–H groups in total. The second-order valence-corrected chi connectivity index (χ2v) is 10.3. The number of hydrogen-bond donors (Lipinski definition) is 2. The molecule has 174 valence electrons. The third kappa shape index (κ3) is 5.23. The van der Waals surface area contributed by atoms with Crippen LogP contribution in [-0.2, 0) is 0 Å². The van der Waals surface area contributed by atoms with E-state index < -0.39 is 0 Å². The second kappa shape index (κ2) is 9.83. The Morgan fingerprint density at radius 2 is 1.85 bits per heavy atom. The number of hydrogen-bond acceptors (Lipinski definition) is 7. The molecule has 0 amide bonds. The molecule has 5 rings (SSSR count). The molecule has 1 unspecified atom stereocenters. The molecule has 3 aromatic rings. The van der Waals surface area contributed by atoms with Crippen LogP contribution in [-0.4, -0.2) is 59.6 Å². The fourth-order valence-electron chi connectivity index (χ4n) is 4.58. The van der Waals surface area contributed by atoms with Crippen molar-refractivity contribution in [3.05, 3.63) is 47.4 Å². The average molecular weight is 467 g/mol. The molecule has 1 saturated carbocycles. The van der Waals surface area contributed by atoms with Gasteiger partial charge in [-0.1, -0.05) is 0 Å². The minimum atomic E-state index is -0.242. The van der Waals surface area contributed by atoms with E-state index in [1.807, 2.05) is 12.3 Å². The van der Waals surface area contributed by atoms with Gasteiger partial charge in [0, 0.05) is 30.3 Å². The molecule has 33 heavy (non-hydrogen) atoms. The maximum Gasteiger partial charge on any atom is 0.223 e. The number of rotatable bonds is 8. The van der Waals surface area contributed by atoms with Crippen LogP contribution in [0.3, 0.4) is 0 Å². The number of thiazole rings is 1. The van der Waals surface area contributed by atoms with Gasteiger partial charge in [0.15, 0.2) is 0 Å². The van der Waals surface area contributed by atoms with Gasteiger partial charge >= 0.3 is 0 Å². The number of anilines is 1. The van der Waals surface area contributed by atoms with E-state index in [2.05, 4.69) is 34.6 Å². The van der Waals surface area contributed by atoms with Crippen LogP contribution < -0.4 is 10.6 Å². The van der Waals surface area contributed by atoms with E-state index in [4.69, 9.17) is 9.97 Å². The van der Waals surface area contributed by atoms with Gasteiger partial charge in [-0.2, -0.15) is 0 Å². The molecule has 6 nitrogen and oxygen atoms in total. The summed E-state index contributed by atoms with van der Waals surface area (Å²) in [5, 5.41) is 8.03. The Hall–Kier alpha value is -2.42. The minimum Gasteiger partial charge on any atom is -0.353 e. The lowest BCUT2D eigenvalue weighted by Gasteiger charge is -2.24. The third-order valence-electron chi connectivity index (χ3n) is 6.64. The summed E-state index contributed by atoms with van der Waals surface area (Å²) in [5.74, 6) is 1.61. The van der Waals surface area contributed by atoms with Gasteiger partial charge in [0.25, 0.3) is 0 Å². The smallest absolute Gasteiger partial charge is 0.223 e. The number of benzene rings is 1. The number of aromatic nitrogens is 3. The van der Waals surface area contributed by atoms with Gasteiger partial charge in [0.1, 0.15) is 5.82 Å². The standard InChI is InChI=1S/C25H31FN6S/c1-32(2)21(16-3-4-16)15-29-25-28-14-11-20(30-25)23-22(17-5-7-19(26)8-6-17)31-24(33-23)18-9-12-27-13-10-18/h5-8,11,14,16,18,21,27H,3-4,9-10,12-13,15H2,1-2H3,(H,28,29,30). The predicted molar refractivity (Wildman–Crippen MR) is 132 cm³/mol. The molecule has 0 bridgehead atoms. The highest BCUT2D eigenvalue weighted by molar-refractivity contribution is 7.15. The first-order chi connectivity index (χ1) is 16.1. The third-order valence-corrected chi connectivity index (χ3v) is 7.88. The summed E-state index contributed by atoms with van der Waals surface area (Å²) in [5.41, 5.74) is 2.65. The van der Waals surface area contributed by atoms with E-state index in [-0.39, 0.29) is 5.82 Å². The zero-order valence-corrected chi connectivity index (χ0v) is 20.0. The topological polar surface area (TPSA) is 66.0 Å². The summed E-state index contributed by atoms with van der Waals surface area (Å²) in [4.78, 5) is 17.7. The minimum absolute atomic E-state index is 0.242. The molecule has 0 radical (unpaired) electrons. The lowest BCUT2D eigenvalue weighted by Crippen LogP contribution is -2.36. The highest BCUT2D eigenvalue weighted by Crippen LogP contribution is 2.40. The van der Waals surface area contributed by atoms with E-state index >= 15 is 0 Å². The van der Waals surface area contributed by atoms with Crippen LogP contribution in [0.15, 0.2) is 36.5 Å². The van der Waals surface area contributed by atoms with E-state index in [0.29, 0.717) is 17.9 Å². The molecule has 2 fully saturated rings. The molecule has 3 heterocycles. The molecule has 1 aliphatic carbocycles. The van der Waals surface area contributed by atoms with Crippen molar-refractivity contribution in [3.8, 4) is 21.8 Å². The number of nitrogens with zero attached hydrogens (tertiary/aromatic N) is 4. The summed E-state index contributed by atoms with van der Waals surface area (Å²) in [6, 6.07) is 9.03. The molecule has 1 aliphatic heterocycles. The Morgan fingerprint density at radius 1 is 1.09 bits per heavy atom. The normalized spacial score (nSPS) is 17.9. The average Bonchev–Trinajstić information content (AvgIpc) is 3.57. The van der Waals surface area contributed by atoms with Crippen LogP contribution in [0.25, 0.3) is 21.8 Å². The fourth-order valence-corrected chi connectivity index (χ4v) is 5.80. The molecule has 2 aliphatic rings. The molecular formula is C25H31FN6S. The quantitative estimate of drug-likeness (QED) is 0.505. The number of likely N-dealkylation sites (N-methyl/N-ethyl adjacent to an activating group) is 1.